The standard InChI is InChI=1S/C23H30N4O5/c1-3-4-10-23(25-26-23)11-9-22(30)27(12-13-31-2)15-18(28)16-32-19-6-7-20-17(14-19)5-8-21(29)24-20/h1,6-7,14,18,28H,4-5,8-13,15-16H2,2H3,(H,24,29). The Bertz CT molecular complexity index is 889. The minimum atomic E-state index is -0.864. The topological polar surface area (TPSA) is 113 Å². The summed E-state index contributed by atoms with van der Waals surface area (Å²) in [5.74, 6) is 3.10. The van der Waals surface area contributed by atoms with Crippen LogP contribution in [0.3, 0.4) is 0 Å². The Labute approximate surface area is 188 Å². The molecule has 0 bridgehead atoms. The van der Waals surface area contributed by atoms with Crippen LogP contribution < -0.4 is 10.1 Å². The largest absolute Gasteiger partial charge is 0.491 e. The zero-order valence-corrected chi connectivity index (χ0v) is 18.4. The zero-order valence-electron chi connectivity index (χ0n) is 18.4. The van der Waals surface area contributed by atoms with E-state index in [1.807, 2.05) is 6.07 Å². The van der Waals surface area contributed by atoms with Crippen LogP contribution in [0.25, 0.3) is 0 Å². The lowest BCUT2D eigenvalue weighted by Crippen LogP contribution is -2.41. The second kappa shape index (κ2) is 11.1. The number of hydrogen-bond acceptors (Lipinski definition) is 7. The number of rotatable bonds is 13. The number of amides is 2. The van der Waals surface area contributed by atoms with E-state index in [9.17, 15) is 14.7 Å². The minimum absolute atomic E-state index is 0.00778. The second-order valence-electron chi connectivity index (χ2n) is 8.05. The average Bonchev–Trinajstić information content (AvgIpc) is 3.57. The Hall–Kier alpha value is -2.96. The van der Waals surface area contributed by atoms with Crippen molar-refractivity contribution < 1.29 is 24.2 Å². The SMILES string of the molecule is C#CCCC1(CCC(=O)N(CCOC)CC(O)COc2ccc3c(c2)CCC(=O)N3)N=N1. The smallest absolute Gasteiger partial charge is 0.224 e. The van der Waals surface area contributed by atoms with Crippen LogP contribution in [0, 0.1) is 12.3 Å². The van der Waals surface area contributed by atoms with Crippen LogP contribution in [0.15, 0.2) is 28.4 Å². The summed E-state index contributed by atoms with van der Waals surface area (Å²) < 4.78 is 10.8. The van der Waals surface area contributed by atoms with Crippen molar-refractivity contribution in [3.8, 4) is 18.1 Å². The number of ether oxygens (including phenoxy) is 2. The summed E-state index contributed by atoms with van der Waals surface area (Å²) in [5.41, 5.74) is 1.28. The Kier molecular flexibility index (Phi) is 8.20. The van der Waals surface area contributed by atoms with Crippen LogP contribution in [-0.2, 0) is 20.7 Å². The monoisotopic (exact) mass is 442 g/mol. The highest BCUT2D eigenvalue weighted by Crippen LogP contribution is 2.37. The maximum atomic E-state index is 12.8. The molecule has 0 saturated heterocycles. The Balaban J connectivity index is 1.48. The third-order valence-electron chi connectivity index (χ3n) is 5.56. The van der Waals surface area contributed by atoms with E-state index in [0.717, 1.165) is 11.3 Å². The molecular weight excluding hydrogens is 412 g/mol. The van der Waals surface area contributed by atoms with Gasteiger partial charge in [0.1, 0.15) is 18.5 Å². The Morgan fingerprint density at radius 3 is 2.91 bits per heavy atom. The van der Waals surface area contributed by atoms with Gasteiger partial charge >= 0.3 is 0 Å². The van der Waals surface area contributed by atoms with Crippen LogP contribution in [-0.4, -0.2) is 67.0 Å². The molecular formula is C23H30N4O5. The van der Waals surface area contributed by atoms with E-state index in [1.165, 1.54) is 0 Å². The fourth-order valence-electron chi connectivity index (χ4n) is 3.60. The van der Waals surface area contributed by atoms with Crippen molar-refractivity contribution in [2.24, 2.45) is 10.2 Å². The summed E-state index contributed by atoms with van der Waals surface area (Å²) >= 11 is 0. The lowest BCUT2D eigenvalue weighted by atomic mass is 10.0. The molecule has 2 aliphatic heterocycles. The number of methoxy groups -OCH3 is 1. The van der Waals surface area contributed by atoms with Gasteiger partial charge in [0.05, 0.1) is 6.61 Å². The molecule has 0 aromatic heterocycles. The minimum Gasteiger partial charge on any atom is -0.491 e. The lowest BCUT2D eigenvalue weighted by Gasteiger charge is -2.26. The van der Waals surface area contributed by atoms with Gasteiger partial charge in [-0.3, -0.25) is 9.59 Å². The van der Waals surface area contributed by atoms with Crippen molar-refractivity contribution in [3.63, 3.8) is 0 Å². The molecule has 2 aliphatic rings. The lowest BCUT2D eigenvalue weighted by molar-refractivity contribution is -0.133. The number of carbonyl (C=O) groups excluding carboxylic acids is 2. The molecule has 0 fully saturated rings. The van der Waals surface area contributed by atoms with Gasteiger partial charge in [0.15, 0.2) is 5.66 Å². The van der Waals surface area contributed by atoms with Crippen LogP contribution in [0.1, 0.15) is 37.7 Å². The molecule has 2 heterocycles. The van der Waals surface area contributed by atoms with E-state index < -0.39 is 11.8 Å². The molecule has 9 heteroatoms. The van der Waals surface area contributed by atoms with E-state index in [2.05, 4.69) is 21.5 Å². The number of aliphatic hydroxyl groups is 1. The molecule has 0 aliphatic carbocycles. The molecule has 0 saturated carbocycles. The molecule has 0 spiro atoms. The summed E-state index contributed by atoms with van der Waals surface area (Å²) in [4.78, 5) is 25.8. The zero-order chi connectivity index (χ0) is 23.0. The molecule has 32 heavy (non-hydrogen) atoms. The number of nitrogens with zero attached hydrogens (tertiary/aromatic N) is 3. The number of terminal acetylenes is 1. The first-order valence-electron chi connectivity index (χ1n) is 10.8. The first-order chi connectivity index (χ1) is 15.4. The van der Waals surface area contributed by atoms with Gasteiger partial charge in [0.25, 0.3) is 0 Å². The van der Waals surface area contributed by atoms with E-state index in [-0.39, 0.29) is 31.4 Å². The Morgan fingerprint density at radius 2 is 2.19 bits per heavy atom. The van der Waals surface area contributed by atoms with Crippen LogP contribution in [0.5, 0.6) is 5.75 Å². The first-order valence-corrected chi connectivity index (χ1v) is 10.8. The summed E-state index contributed by atoms with van der Waals surface area (Å²) in [5, 5.41) is 21.4. The number of aliphatic hydroxyl groups excluding tert-OH is 1. The van der Waals surface area contributed by atoms with Gasteiger partial charge in [-0.1, -0.05) is 0 Å². The van der Waals surface area contributed by atoms with E-state index >= 15 is 0 Å². The van der Waals surface area contributed by atoms with Crippen molar-refractivity contribution in [2.75, 3.05) is 38.7 Å². The normalized spacial score (nSPS) is 16.5. The molecule has 0 radical (unpaired) electrons. The van der Waals surface area contributed by atoms with Gasteiger partial charge in [-0.05, 0) is 30.2 Å². The third-order valence-corrected chi connectivity index (χ3v) is 5.56. The van der Waals surface area contributed by atoms with Crippen molar-refractivity contribution in [3.05, 3.63) is 23.8 Å². The molecule has 3 rings (SSSR count). The van der Waals surface area contributed by atoms with E-state index in [0.29, 0.717) is 51.0 Å². The number of fused-ring (bicyclic) bond motifs is 1. The molecule has 1 aromatic rings. The summed E-state index contributed by atoms with van der Waals surface area (Å²) in [6.07, 6.45) is 7.54. The number of carbonyl (C=O) groups is 2. The van der Waals surface area contributed by atoms with Gasteiger partial charge in [0.2, 0.25) is 11.8 Å². The maximum absolute atomic E-state index is 12.8. The maximum Gasteiger partial charge on any atom is 0.224 e. The molecule has 1 unspecified atom stereocenters. The third kappa shape index (κ3) is 6.77. The highest BCUT2D eigenvalue weighted by Gasteiger charge is 2.39. The van der Waals surface area contributed by atoms with Gasteiger partial charge in [-0.2, -0.15) is 10.2 Å². The fourth-order valence-corrected chi connectivity index (χ4v) is 3.60. The average molecular weight is 443 g/mol. The first kappa shape index (κ1) is 23.7. The summed E-state index contributed by atoms with van der Waals surface area (Å²) in [6.45, 7) is 0.914. The number of nitrogens with one attached hydrogen (secondary N) is 1. The van der Waals surface area contributed by atoms with E-state index in [1.54, 1.807) is 24.1 Å². The molecule has 9 nitrogen and oxygen atoms in total. The van der Waals surface area contributed by atoms with Crippen molar-refractivity contribution in [2.45, 2.75) is 50.3 Å². The molecule has 1 aromatic carbocycles. The number of benzene rings is 1. The second-order valence-corrected chi connectivity index (χ2v) is 8.05. The Morgan fingerprint density at radius 1 is 1.38 bits per heavy atom. The van der Waals surface area contributed by atoms with Gasteiger partial charge in [-0.25, -0.2) is 0 Å². The number of hydrogen-bond donors (Lipinski definition) is 2. The van der Waals surface area contributed by atoms with Crippen LogP contribution in [0.2, 0.25) is 0 Å². The predicted molar refractivity (Wildman–Crippen MR) is 118 cm³/mol. The fraction of sp³-hybridized carbons (Fsp3) is 0.565. The summed E-state index contributed by atoms with van der Waals surface area (Å²) in [7, 11) is 1.57. The molecule has 2 amide bonds. The van der Waals surface area contributed by atoms with Crippen LogP contribution >= 0.6 is 0 Å². The molecule has 2 N–H and O–H groups in total. The van der Waals surface area contributed by atoms with Gasteiger partial charge < -0.3 is 24.8 Å². The summed E-state index contributed by atoms with van der Waals surface area (Å²) in [6, 6.07) is 5.42. The van der Waals surface area contributed by atoms with Gasteiger partial charge in [-0.15, -0.1) is 12.3 Å². The predicted octanol–water partition coefficient (Wildman–Crippen LogP) is 2.14. The highest BCUT2D eigenvalue weighted by atomic mass is 16.5. The number of aryl methyl sites for hydroxylation is 1. The quantitative estimate of drug-likeness (QED) is 0.455. The van der Waals surface area contributed by atoms with Crippen LogP contribution in [0.4, 0.5) is 5.69 Å². The van der Waals surface area contributed by atoms with Crippen molar-refractivity contribution in [1.82, 2.24) is 4.90 Å². The number of anilines is 1. The highest BCUT2D eigenvalue weighted by molar-refractivity contribution is 5.94. The molecule has 1 atom stereocenters. The van der Waals surface area contributed by atoms with E-state index in [4.69, 9.17) is 15.9 Å². The van der Waals surface area contributed by atoms with Crippen molar-refractivity contribution in [1.29, 1.82) is 0 Å². The van der Waals surface area contributed by atoms with Crippen molar-refractivity contribution >= 4 is 17.5 Å². The van der Waals surface area contributed by atoms with Gasteiger partial charge in [0, 0.05) is 58.0 Å². The molecule has 172 valence electrons.